The Hall–Kier alpha value is -1.72. The summed E-state index contributed by atoms with van der Waals surface area (Å²) >= 11 is 0. The standard InChI is InChI=1S/C18H29N5/c1-6-17(21-20-15(4)19)16-11-13(2)18(14(3)12-16)23-9-7-22(5)8-10-23/h6,11-12,15H,7-10,19H2,1-5H3/b17-6-,21-20-. The molecule has 23 heavy (non-hydrogen) atoms. The lowest BCUT2D eigenvalue weighted by atomic mass is 10.0. The smallest absolute Gasteiger partial charge is 0.116 e. The van der Waals surface area contributed by atoms with Crippen LogP contribution in [-0.2, 0) is 0 Å². The molecule has 0 aliphatic carbocycles. The molecule has 0 aromatic heterocycles. The van der Waals surface area contributed by atoms with Crippen LogP contribution >= 0.6 is 0 Å². The zero-order valence-electron chi connectivity index (χ0n) is 15.0. The van der Waals surface area contributed by atoms with E-state index in [0.29, 0.717) is 0 Å². The first-order valence-electron chi connectivity index (χ1n) is 8.30. The molecule has 2 N–H and O–H groups in total. The molecule has 1 aliphatic heterocycles. The van der Waals surface area contributed by atoms with Gasteiger partial charge in [-0.1, -0.05) is 6.08 Å². The second-order valence-corrected chi connectivity index (χ2v) is 6.38. The first kappa shape index (κ1) is 17.6. The fourth-order valence-corrected chi connectivity index (χ4v) is 3.07. The van der Waals surface area contributed by atoms with Gasteiger partial charge in [0.05, 0.1) is 5.70 Å². The van der Waals surface area contributed by atoms with Gasteiger partial charge in [0.15, 0.2) is 0 Å². The van der Waals surface area contributed by atoms with Crippen molar-refractivity contribution in [3.63, 3.8) is 0 Å². The molecule has 1 aromatic carbocycles. The highest BCUT2D eigenvalue weighted by molar-refractivity contribution is 5.71. The molecule has 0 radical (unpaired) electrons. The van der Waals surface area contributed by atoms with Gasteiger partial charge in [0.2, 0.25) is 0 Å². The lowest BCUT2D eigenvalue weighted by Crippen LogP contribution is -2.45. The summed E-state index contributed by atoms with van der Waals surface area (Å²) in [5.74, 6) is 0. The first-order valence-corrected chi connectivity index (χ1v) is 8.30. The number of aryl methyl sites for hydroxylation is 2. The van der Waals surface area contributed by atoms with Gasteiger partial charge in [0.25, 0.3) is 0 Å². The van der Waals surface area contributed by atoms with Gasteiger partial charge in [-0.05, 0) is 58.0 Å². The van der Waals surface area contributed by atoms with E-state index in [1.165, 1.54) is 16.8 Å². The second-order valence-electron chi connectivity index (χ2n) is 6.38. The van der Waals surface area contributed by atoms with Gasteiger partial charge in [-0.2, -0.15) is 10.2 Å². The maximum Gasteiger partial charge on any atom is 0.116 e. The number of rotatable bonds is 4. The van der Waals surface area contributed by atoms with Crippen molar-refractivity contribution in [1.29, 1.82) is 0 Å². The molecule has 1 atom stereocenters. The molecule has 1 saturated heterocycles. The lowest BCUT2D eigenvalue weighted by Gasteiger charge is -2.36. The molecular weight excluding hydrogens is 286 g/mol. The Bertz CT molecular complexity index is 572. The van der Waals surface area contributed by atoms with Crippen molar-refractivity contribution in [3.05, 3.63) is 34.9 Å². The fourth-order valence-electron chi connectivity index (χ4n) is 3.07. The number of piperazine rings is 1. The van der Waals surface area contributed by atoms with Gasteiger partial charge < -0.3 is 15.5 Å². The minimum absolute atomic E-state index is 0.281. The van der Waals surface area contributed by atoms with E-state index in [0.717, 1.165) is 37.4 Å². The normalized spacial score (nSPS) is 18.7. The molecule has 126 valence electrons. The quantitative estimate of drug-likeness (QED) is 0.868. The van der Waals surface area contributed by atoms with Crippen LogP contribution in [0.4, 0.5) is 5.69 Å². The number of hydrogen-bond donors (Lipinski definition) is 1. The van der Waals surface area contributed by atoms with E-state index in [9.17, 15) is 0 Å². The zero-order chi connectivity index (χ0) is 17.0. The number of nitrogens with two attached hydrogens (primary N) is 1. The van der Waals surface area contributed by atoms with Crippen LogP contribution in [0, 0.1) is 13.8 Å². The number of hydrogen-bond acceptors (Lipinski definition) is 5. The topological polar surface area (TPSA) is 57.2 Å². The molecule has 0 spiro atoms. The monoisotopic (exact) mass is 315 g/mol. The molecular formula is C18H29N5. The van der Waals surface area contributed by atoms with E-state index in [1.54, 1.807) is 0 Å². The average molecular weight is 315 g/mol. The van der Waals surface area contributed by atoms with Gasteiger partial charge in [-0.3, -0.25) is 0 Å². The Kier molecular flexibility index (Phi) is 5.91. The zero-order valence-corrected chi connectivity index (χ0v) is 15.0. The van der Waals surface area contributed by atoms with Crippen molar-refractivity contribution >= 4 is 11.4 Å². The third-order valence-electron chi connectivity index (χ3n) is 4.23. The second kappa shape index (κ2) is 7.70. The Morgan fingerprint density at radius 3 is 2.22 bits per heavy atom. The van der Waals surface area contributed by atoms with Gasteiger partial charge in [0.1, 0.15) is 6.17 Å². The number of anilines is 1. The fraction of sp³-hybridized carbons (Fsp3) is 0.556. The average Bonchev–Trinajstić information content (AvgIpc) is 2.49. The molecule has 1 aliphatic rings. The molecule has 5 nitrogen and oxygen atoms in total. The summed E-state index contributed by atoms with van der Waals surface area (Å²) in [7, 11) is 2.18. The van der Waals surface area contributed by atoms with Crippen LogP contribution in [0.5, 0.6) is 0 Å². The van der Waals surface area contributed by atoms with Crippen molar-refractivity contribution in [3.8, 4) is 0 Å². The lowest BCUT2D eigenvalue weighted by molar-refractivity contribution is 0.312. The van der Waals surface area contributed by atoms with E-state index in [4.69, 9.17) is 5.73 Å². The Labute approximate surface area is 139 Å². The highest BCUT2D eigenvalue weighted by Gasteiger charge is 2.18. The van der Waals surface area contributed by atoms with Crippen LogP contribution in [0.15, 0.2) is 28.4 Å². The molecule has 5 heteroatoms. The van der Waals surface area contributed by atoms with Crippen molar-refractivity contribution < 1.29 is 0 Å². The summed E-state index contributed by atoms with van der Waals surface area (Å²) in [5, 5.41) is 8.36. The summed E-state index contributed by atoms with van der Waals surface area (Å²) in [4.78, 5) is 4.87. The molecule has 1 aromatic rings. The largest absolute Gasteiger partial charge is 0.369 e. The van der Waals surface area contributed by atoms with Crippen LogP contribution in [0.2, 0.25) is 0 Å². The first-order chi connectivity index (χ1) is 10.9. The Balaban J connectivity index is 2.29. The molecule has 0 amide bonds. The molecule has 1 heterocycles. The number of benzene rings is 1. The van der Waals surface area contributed by atoms with Gasteiger partial charge in [0, 0.05) is 37.4 Å². The van der Waals surface area contributed by atoms with Crippen LogP contribution in [0.25, 0.3) is 5.70 Å². The summed E-state index contributed by atoms with van der Waals surface area (Å²) < 4.78 is 0. The van der Waals surface area contributed by atoms with Crippen molar-refractivity contribution in [1.82, 2.24) is 4.90 Å². The van der Waals surface area contributed by atoms with Crippen LogP contribution < -0.4 is 10.6 Å². The Morgan fingerprint density at radius 1 is 1.17 bits per heavy atom. The minimum atomic E-state index is -0.281. The third kappa shape index (κ3) is 4.39. The van der Waals surface area contributed by atoms with Crippen LogP contribution in [0.1, 0.15) is 30.5 Å². The summed E-state index contributed by atoms with van der Waals surface area (Å²) in [6.45, 7) is 12.6. The summed E-state index contributed by atoms with van der Waals surface area (Å²) in [5.41, 5.74) is 11.6. The molecule has 1 fully saturated rings. The summed E-state index contributed by atoms with van der Waals surface area (Å²) in [6, 6.07) is 4.41. The maximum atomic E-state index is 5.67. The van der Waals surface area contributed by atoms with Gasteiger partial charge in [-0.25, -0.2) is 0 Å². The van der Waals surface area contributed by atoms with Crippen molar-refractivity contribution in [2.75, 3.05) is 38.1 Å². The van der Waals surface area contributed by atoms with Crippen molar-refractivity contribution in [2.24, 2.45) is 16.0 Å². The Morgan fingerprint density at radius 2 is 1.74 bits per heavy atom. The molecule has 0 saturated carbocycles. The SMILES string of the molecule is C/C=C(\N=N/C(C)N)c1cc(C)c(N2CCN(C)CC2)c(C)c1. The third-order valence-corrected chi connectivity index (χ3v) is 4.23. The highest BCUT2D eigenvalue weighted by atomic mass is 15.2. The highest BCUT2D eigenvalue weighted by Crippen LogP contribution is 2.30. The number of azo groups is 1. The predicted octanol–water partition coefficient (Wildman–Crippen LogP) is 3.17. The van der Waals surface area contributed by atoms with E-state index in [-0.39, 0.29) is 6.17 Å². The van der Waals surface area contributed by atoms with E-state index >= 15 is 0 Å². The minimum Gasteiger partial charge on any atom is -0.369 e. The number of allylic oxidation sites excluding steroid dienone is 1. The van der Waals surface area contributed by atoms with Gasteiger partial charge in [-0.15, -0.1) is 0 Å². The molecule has 0 bridgehead atoms. The number of likely N-dealkylation sites (N-methyl/N-ethyl adjacent to an activating group) is 1. The van der Waals surface area contributed by atoms with Crippen LogP contribution in [0.3, 0.4) is 0 Å². The van der Waals surface area contributed by atoms with E-state index in [2.05, 4.69) is 53.1 Å². The van der Waals surface area contributed by atoms with Gasteiger partial charge >= 0.3 is 0 Å². The van der Waals surface area contributed by atoms with Crippen molar-refractivity contribution in [2.45, 2.75) is 33.9 Å². The van der Waals surface area contributed by atoms with E-state index < -0.39 is 0 Å². The maximum absolute atomic E-state index is 5.67. The number of nitrogens with zero attached hydrogens (tertiary/aromatic N) is 4. The van der Waals surface area contributed by atoms with Crippen LogP contribution in [-0.4, -0.2) is 44.3 Å². The predicted molar refractivity (Wildman–Crippen MR) is 97.8 cm³/mol. The molecule has 2 rings (SSSR count). The summed E-state index contributed by atoms with van der Waals surface area (Å²) in [6.07, 6.45) is 1.70. The molecule has 1 unspecified atom stereocenters. The van der Waals surface area contributed by atoms with E-state index in [1.807, 2.05) is 19.9 Å².